The second-order valence-electron chi connectivity index (χ2n) is 7.40. The van der Waals surface area contributed by atoms with E-state index in [1.165, 1.54) is 6.08 Å². The number of fused-ring (bicyclic) bond motifs is 1. The molecule has 0 saturated heterocycles. The third-order valence-corrected chi connectivity index (χ3v) is 5.02. The Kier molecular flexibility index (Phi) is 6.17. The van der Waals surface area contributed by atoms with Gasteiger partial charge in [-0.05, 0) is 54.5 Å². The topological polar surface area (TPSA) is 65.7 Å². The van der Waals surface area contributed by atoms with Crippen LogP contribution in [0, 0.1) is 6.92 Å². The van der Waals surface area contributed by atoms with Crippen LogP contribution in [-0.2, 0) is 6.61 Å². The van der Waals surface area contributed by atoms with Gasteiger partial charge in [0, 0.05) is 11.5 Å². The fourth-order valence-corrected chi connectivity index (χ4v) is 3.22. The number of carbonyl (C=O) groups excluding carboxylic acids is 1. The van der Waals surface area contributed by atoms with Crippen LogP contribution >= 0.6 is 0 Å². The highest BCUT2D eigenvalue weighted by molar-refractivity contribution is 6.07. The van der Waals surface area contributed by atoms with Gasteiger partial charge in [0.1, 0.15) is 29.3 Å². The zero-order valence-electron chi connectivity index (χ0n) is 17.8. The van der Waals surface area contributed by atoms with Crippen molar-refractivity contribution in [2.75, 3.05) is 7.11 Å². The van der Waals surface area contributed by atoms with E-state index in [4.69, 9.17) is 13.9 Å². The number of carbonyl (C=O) groups is 1. The molecule has 1 heterocycles. The van der Waals surface area contributed by atoms with E-state index in [2.05, 4.69) is 0 Å². The zero-order chi connectivity index (χ0) is 22.5. The van der Waals surface area contributed by atoms with Crippen molar-refractivity contribution in [3.8, 4) is 11.5 Å². The van der Waals surface area contributed by atoms with Crippen LogP contribution < -0.4 is 15.1 Å². The zero-order valence-corrected chi connectivity index (χ0v) is 17.8. The van der Waals surface area contributed by atoms with E-state index < -0.39 is 11.4 Å². The number of methoxy groups -OCH3 is 1. The van der Waals surface area contributed by atoms with Crippen LogP contribution in [0.1, 0.15) is 27.0 Å². The van der Waals surface area contributed by atoms with Crippen LogP contribution in [-0.4, -0.2) is 12.9 Å². The van der Waals surface area contributed by atoms with Gasteiger partial charge in [0.25, 0.3) is 0 Å². The van der Waals surface area contributed by atoms with E-state index in [-0.39, 0.29) is 5.56 Å². The number of ether oxygens (including phenoxy) is 2. The predicted octanol–water partition coefficient (Wildman–Crippen LogP) is 5.59. The Labute approximate surface area is 185 Å². The monoisotopic (exact) mass is 426 g/mol. The number of hydrogen-bond donors (Lipinski definition) is 0. The summed E-state index contributed by atoms with van der Waals surface area (Å²) in [6, 6.07) is 22.1. The van der Waals surface area contributed by atoms with Gasteiger partial charge in [-0.25, -0.2) is 4.79 Å². The molecule has 0 amide bonds. The average molecular weight is 426 g/mol. The first-order valence-corrected chi connectivity index (χ1v) is 10.1. The van der Waals surface area contributed by atoms with Crippen LogP contribution in [0.4, 0.5) is 0 Å². The van der Waals surface area contributed by atoms with Gasteiger partial charge in [-0.15, -0.1) is 0 Å². The molecule has 160 valence electrons. The molecule has 3 aromatic carbocycles. The Balaban J connectivity index is 1.51. The van der Waals surface area contributed by atoms with Gasteiger partial charge in [-0.1, -0.05) is 48.0 Å². The Morgan fingerprint density at radius 2 is 1.78 bits per heavy atom. The summed E-state index contributed by atoms with van der Waals surface area (Å²) in [6.45, 7) is 2.33. The molecule has 0 bridgehead atoms. The minimum absolute atomic E-state index is 0.00842. The van der Waals surface area contributed by atoms with Crippen molar-refractivity contribution < 1.29 is 18.7 Å². The van der Waals surface area contributed by atoms with E-state index in [1.54, 1.807) is 37.5 Å². The predicted molar refractivity (Wildman–Crippen MR) is 124 cm³/mol. The van der Waals surface area contributed by atoms with Crippen LogP contribution in [0.15, 0.2) is 88.1 Å². The highest BCUT2D eigenvalue weighted by Gasteiger charge is 2.12. The lowest BCUT2D eigenvalue weighted by atomic mass is 10.1. The standard InChI is InChI=1S/C27H22O5/c1-18-6-8-19(9-7-18)10-13-25(28)24-15-21-11-12-23(16-26(21)32-27(24)29)31-17-20-4-3-5-22(14-20)30-2/h3-16H,17H2,1-2H3/b13-10+. The molecule has 0 saturated carbocycles. The number of hydrogen-bond acceptors (Lipinski definition) is 5. The Morgan fingerprint density at radius 1 is 0.969 bits per heavy atom. The number of benzene rings is 3. The van der Waals surface area contributed by atoms with E-state index in [0.29, 0.717) is 23.3 Å². The Morgan fingerprint density at radius 3 is 2.56 bits per heavy atom. The average Bonchev–Trinajstić information content (AvgIpc) is 2.81. The normalized spacial score (nSPS) is 11.1. The highest BCUT2D eigenvalue weighted by Crippen LogP contribution is 2.22. The van der Waals surface area contributed by atoms with E-state index >= 15 is 0 Å². The van der Waals surface area contributed by atoms with Crippen LogP contribution in [0.2, 0.25) is 0 Å². The third-order valence-electron chi connectivity index (χ3n) is 5.02. The van der Waals surface area contributed by atoms with Gasteiger partial charge in [0.2, 0.25) is 0 Å². The van der Waals surface area contributed by atoms with Crippen LogP contribution in [0.25, 0.3) is 17.0 Å². The summed E-state index contributed by atoms with van der Waals surface area (Å²) in [5, 5.41) is 0.644. The lowest BCUT2D eigenvalue weighted by Gasteiger charge is -2.08. The summed E-state index contributed by atoms with van der Waals surface area (Å²) in [6.07, 6.45) is 3.06. The molecule has 0 N–H and O–H groups in total. The molecule has 4 aromatic rings. The molecule has 0 aliphatic rings. The summed E-state index contributed by atoms with van der Waals surface area (Å²) in [4.78, 5) is 25.0. The second-order valence-corrected chi connectivity index (χ2v) is 7.40. The summed E-state index contributed by atoms with van der Waals surface area (Å²) < 4.78 is 16.4. The first-order valence-electron chi connectivity index (χ1n) is 10.1. The molecule has 32 heavy (non-hydrogen) atoms. The molecule has 0 radical (unpaired) electrons. The van der Waals surface area contributed by atoms with Crippen molar-refractivity contribution in [3.63, 3.8) is 0 Å². The van der Waals surface area contributed by atoms with Crippen molar-refractivity contribution in [3.05, 3.63) is 112 Å². The van der Waals surface area contributed by atoms with E-state index in [0.717, 1.165) is 22.4 Å². The fraction of sp³-hybridized carbons (Fsp3) is 0.111. The molecule has 5 heteroatoms. The highest BCUT2D eigenvalue weighted by atomic mass is 16.5. The van der Waals surface area contributed by atoms with Crippen molar-refractivity contribution in [1.82, 2.24) is 0 Å². The van der Waals surface area contributed by atoms with Gasteiger partial charge >= 0.3 is 5.63 Å². The quantitative estimate of drug-likeness (QED) is 0.219. The second kappa shape index (κ2) is 9.35. The number of rotatable bonds is 7. The molecule has 5 nitrogen and oxygen atoms in total. The van der Waals surface area contributed by atoms with Crippen LogP contribution in [0.3, 0.4) is 0 Å². The summed E-state index contributed by atoms with van der Waals surface area (Å²) in [7, 11) is 1.61. The first-order chi connectivity index (χ1) is 15.5. The van der Waals surface area contributed by atoms with Gasteiger partial charge < -0.3 is 13.9 Å². The lowest BCUT2D eigenvalue weighted by molar-refractivity contribution is 0.104. The molecule has 0 atom stereocenters. The first kappa shape index (κ1) is 21.1. The Bertz CT molecular complexity index is 1350. The van der Waals surface area contributed by atoms with Crippen LogP contribution in [0.5, 0.6) is 11.5 Å². The van der Waals surface area contributed by atoms with Gasteiger partial charge in [-0.3, -0.25) is 4.79 Å². The van der Waals surface area contributed by atoms with Gasteiger partial charge in [0.05, 0.1) is 7.11 Å². The smallest absolute Gasteiger partial charge is 0.347 e. The number of ketones is 1. The Hall–Kier alpha value is -4.12. The lowest BCUT2D eigenvalue weighted by Crippen LogP contribution is -2.12. The van der Waals surface area contributed by atoms with E-state index in [9.17, 15) is 9.59 Å². The van der Waals surface area contributed by atoms with Crippen molar-refractivity contribution in [2.24, 2.45) is 0 Å². The molecule has 4 rings (SSSR count). The molecule has 0 unspecified atom stereocenters. The summed E-state index contributed by atoms with van der Waals surface area (Å²) >= 11 is 0. The van der Waals surface area contributed by atoms with E-state index in [1.807, 2.05) is 55.5 Å². The summed E-state index contributed by atoms with van der Waals surface area (Å²) in [5.41, 5.74) is 2.64. The fourth-order valence-electron chi connectivity index (χ4n) is 3.22. The maximum absolute atomic E-state index is 12.5. The molecule has 0 fully saturated rings. The van der Waals surface area contributed by atoms with Crippen molar-refractivity contribution in [2.45, 2.75) is 13.5 Å². The maximum atomic E-state index is 12.5. The molecule has 1 aromatic heterocycles. The SMILES string of the molecule is COc1cccc(COc2ccc3cc(C(=O)/C=C/c4ccc(C)cc4)c(=O)oc3c2)c1. The molecular formula is C27H22O5. The molecular weight excluding hydrogens is 404 g/mol. The minimum Gasteiger partial charge on any atom is -0.497 e. The largest absolute Gasteiger partial charge is 0.497 e. The van der Waals surface area contributed by atoms with Gasteiger partial charge in [-0.2, -0.15) is 0 Å². The molecule has 0 aliphatic carbocycles. The molecule has 0 aliphatic heterocycles. The minimum atomic E-state index is -0.680. The number of aryl methyl sites for hydroxylation is 1. The maximum Gasteiger partial charge on any atom is 0.347 e. The molecule has 0 spiro atoms. The van der Waals surface area contributed by atoms with Gasteiger partial charge in [0.15, 0.2) is 5.78 Å². The summed E-state index contributed by atoms with van der Waals surface area (Å²) in [5.74, 6) is 0.908. The van der Waals surface area contributed by atoms with Crippen molar-refractivity contribution in [1.29, 1.82) is 0 Å². The number of allylic oxidation sites excluding steroid dienone is 1. The van der Waals surface area contributed by atoms with Crippen molar-refractivity contribution >= 4 is 22.8 Å². The third kappa shape index (κ3) is 4.95.